The second-order valence-corrected chi connectivity index (χ2v) is 5.89. The second kappa shape index (κ2) is 7.36. The topological polar surface area (TPSA) is 59.5 Å². The molecule has 0 radical (unpaired) electrons. The van der Waals surface area contributed by atoms with Crippen LogP contribution in [0.2, 0.25) is 0 Å². The summed E-state index contributed by atoms with van der Waals surface area (Å²) in [5.41, 5.74) is 1.94. The molecule has 0 unspecified atom stereocenters. The molecule has 1 fully saturated rings. The molecule has 5 nitrogen and oxygen atoms in total. The predicted octanol–water partition coefficient (Wildman–Crippen LogP) is 3.11. The highest BCUT2D eigenvalue weighted by Crippen LogP contribution is 2.21. The molecular weight excluding hydrogens is 304 g/mol. The van der Waals surface area contributed by atoms with Gasteiger partial charge in [-0.2, -0.15) is 0 Å². The van der Waals surface area contributed by atoms with E-state index >= 15 is 0 Å². The van der Waals surface area contributed by atoms with E-state index in [9.17, 15) is 9.59 Å². The molecular formula is C19H20N2O3. The highest BCUT2D eigenvalue weighted by molar-refractivity contribution is 6.06. The normalized spacial score (nSPS) is 16.8. The van der Waals surface area contributed by atoms with Crippen molar-refractivity contribution in [3.8, 4) is 0 Å². The molecule has 5 heteroatoms. The zero-order chi connectivity index (χ0) is 16.9. The van der Waals surface area contributed by atoms with E-state index < -0.39 is 0 Å². The molecule has 0 N–H and O–H groups in total. The summed E-state index contributed by atoms with van der Waals surface area (Å²) in [7, 11) is 0. The molecule has 0 saturated carbocycles. The number of aromatic nitrogens is 1. The number of anilines is 1. The van der Waals surface area contributed by atoms with Crippen molar-refractivity contribution in [1.82, 2.24) is 4.98 Å². The highest BCUT2D eigenvalue weighted by Gasteiger charge is 2.24. The van der Waals surface area contributed by atoms with Gasteiger partial charge in [-0.15, -0.1) is 0 Å². The first kappa shape index (κ1) is 16.3. The first-order valence-corrected chi connectivity index (χ1v) is 8.09. The molecule has 0 bridgehead atoms. The minimum Gasteiger partial charge on any atom is -0.376 e. The highest BCUT2D eigenvalue weighted by atomic mass is 16.5. The number of amides is 1. The van der Waals surface area contributed by atoms with Crippen LogP contribution in [0.5, 0.6) is 0 Å². The molecule has 1 aliphatic heterocycles. The van der Waals surface area contributed by atoms with Crippen molar-refractivity contribution in [3.63, 3.8) is 0 Å². The molecule has 1 amide bonds. The van der Waals surface area contributed by atoms with E-state index in [2.05, 4.69) is 4.98 Å². The molecule has 1 aromatic carbocycles. The second-order valence-electron chi connectivity index (χ2n) is 5.89. The number of hydrogen-bond acceptors (Lipinski definition) is 4. The van der Waals surface area contributed by atoms with E-state index in [1.807, 2.05) is 12.1 Å². The quantitative estimate of drug-likeness (QED) is 0.793. The molecule has 124 valence electrons. The van der Waals surface area contributed by atoms with Gasteiger partial charge in [0.25, 0.3) is 5.91 Å². The maximum Gasteiger partial charge on any atom is 0.258 e. The fourth-order valence-corrected chi connectivity index (χ4v) is 2.82. The van der Waals surface area contributed by atoms with Gasteiger partial charge >= 0.3 is 0 Å². The third kappa shape index (κ3) is 3.68. The van der Waals surface area contributed by atoms with Crippen LogP contribution in [0.25, 0.3) is 0 Å². The van der Waals surface area contributed by atoms with Gasteiger partial charge < -0.3 is 9.64 Å². The van der Waals surface area contributed by atoms with Crippen LogP contribution in [0.15, 0.2) is 48.8 Å². The van der Waals surface area contributed by atoms with E-state index in [1.54, 1.807) is 41.6 Å². The Morgan fingerprint density at radius 3 is 2.38 bits per heavy atom. The number of pyridine rings is 1. The number of nitrogens with zero attached hydrogens (tertiary/aromatic N) is 2. The van der Waals surface area contributed by atoms with Crippen molar-refractivity contribution in [1.29, 1.82) is 0 Å². The first-order valence-electron chi connectivity index (χ1n) is 8.09. The van der Waals surface area contributed by atoms with Crippen molar-refractivity contribution >= 4 is 17.4 Å². The van der Waals surface area contributed by atoms with Crippen LogP contribution in [0, 0.1) is 0 Å². The van der Waals surface area contributed by atoms with Gasteiger partial charge in [-0.3, -0.25) is 14.6 Å². The van der Waals surface area contributed by atoms with Gasteiger partial charge in [0.15, 0.2) is 5.78 Å². The lowest BCUT2D eigenvalue weighted by Gasteiger charge is -2.25. The van der Waals surface area contributed by atoms with Crippen LogP contribution in [0.3, 0.4) is 0 Å². The lowest BCUT2D eigenvalue weighted by molar-refractivity contribution is 0.0916. The van der Waals surface area contributed by atoms with Crippen molar-refractivity contribution in [2.75, 3.05) is 18.1 Å². The first-order chi connectivity index (χ1) is 11.6. The summed E-state index contributed by atoms with van der Waals surface area (Å²) in [6.45, 7) is 2.77. The van der Waals surface area contributed by atoms with E-state index in [0.717, 1.165) is 25.1 Å². The van der Waals surface area contributed by atoms with Gasteiger partial charge in [0.05, 0.1) is 12.6 Å². The number of ether oxygens (including phenoxy) is 1. The van der Waals surface area contributed by atoms with Gasteiger partial charge in [0.1, 0.15) is 0 Å². The third-order valence-electron chi connectivity index (χ3n) is 4.17. The zero-order valence-electron chi connectivity index (χ0n) is 13.6. The fourth-order valence-electron chi connectivity index (χ4n) is 2.82. The molecule has 24 heavy (non-hydrogen) atoms. The van der Waals surface area contributed by atoms with Gasteiger partial charge in [-0.25, -0.2) is 0 Å². The molecule has 2 heterocycles. The van der Waals surface area contributed by atoms with Crippen LogP contribution in [0.1, 0.15) is 40.5 Å². The number of Topliss-reactive ketones (excluding diaryl/α,β-unsaturated/α-hetero) is 1. The Kier molecular flexibility index (Phi) is 5.01. The number of carbonyl (C=O) groups is 2. The van der Waals surface area contributed by atoms with Crippen LogP contribution in [0.4, 0.5) is 5.69 Å². The van der Waals surface area contributed by atoms with Crippen molar-refractivity contribution in [2.45, 2.75) is 25.9 Å². The molecule has 1 aliphatic rings. The number of ketones is 1. The lowest BCUT2D eigenvalue weighted by Crippen LogP contribution is -2.37. The van der Waals surface area contributed by atoms with Crippen molar-refractivity contribution in [2.24, 2.45) is 0 Å². The Balaban J connectivity index is 1.86. The van der Waals surface area contributed by atoms with Crippen LogP contribution in [-0.4, -0.2) is 35.9 Å². The smallest absolute Gasteiger partial charge is 0.258 e. The molecule has 1 aromatic heterocycles. The van der Waals surface area contributed by atoms with E-state index in [-0.39, 0.29) is 17.8 Å². The standard InChI is InChI=1S/C19H20N2O3/c1-14(22)15-4-6-16(7-5-15)19(23)21(13-18-3-2-12-24-18)17-8-10-20-11-9-17/h4-11,18H,2-3,12-13H2,1H3/t18-/m1/s1. The minimum absolute atomic E-state index is 0.0145. The summed E-state index contributed by atoms with van der Waals surface area (Å²) in [6.07, 6.45) is 5.38. The average Bonchev–Trinajstić information content (AvgIpc) is 3.13. The SMILES string of the molecule is CC(=O)c1ccc(C(=O)N(C[C@H]2CCCO2)c2ccncc2)cc1. The monoisotopic (exact) mass is 324 g/mol. The van der Waals surface area contributed by atoms with Gasteiger partial charge in [0.2, 0.25) is 0 Å². The van der Waals surface area contributed by atoms with Crippen LogP contribution < -0.4 is 4.90 Å². The Hall–Kier alpha value is -2.53. The number of rotatable bonds is 5. The molecule has 1 saturated heterocycles. The summed E-state index contributed by atoms with van der Waals surface area (Å²) >= 11 is 0. The molecule has 0 aliphatic carbocycles. The van der Waals surface area contributed by atoms with E-state index in [1.165, 1.54) is 6.92 Å². The van der Waals surface area contributed by atoms with Gasteiger partial charge in [-0.05, 0) is 44.0 Å². The van der Waals surface area contributed by atoms with Crippen LogP contribution >= 0.6 is 0 Å². The summed E-state index contributed by atoms with van der Waals surface area (Å²) < 4.78 is 5.69. The summed E-state index contributed by atoms with van der Waals surface area (Å²) in [5.74, 6) is -0.119. The maximum absolute atomic E-state index is 13.0. The summed E-state index contributed by atoms with van der Waals surface area (Å²) in [5, 5.41) is 0. The number of carbonyl (C=O) groups excluding carboxylic acids is 2. The number of hydrogen-bond donors (Lipinski definition) is 0. The Morgan fingerprint density at radius 1 is 1.12 bits per heavy atom. The van der Waals surface area contributed by atoms with Crippen LogP contribution in [-0.2, 0) is 4.74 Å². The van der Waals surface area contributed by atoms with Gasteiger partial charge in [-0.1, -0.05) is 12.1 Å². The molecule has 2 aromatic rings. The number of benzene rings is 1. The lowest BCUT2D eigenvalue weighted by atomic mass is 10.1. The zero-order valence-corrected chi connectivity index (χ0v) is 13.6. The van der Waals surface area contributed by atoms with Crippen molar-refractivity contribution in [3.05, 3.63) is 59.9 Å². The Labute approximate surface area is 141 Å². The van der Waals surface area contributed by atoms with E-state index in [4.69, 9.17) is 4.74 Å². The summed E-state index contributed by atoms with van der Waals surface area (Å²) in [6, 6.07) is 10.4. The molecule has 0 spiro atoms. The average molecular weight is 324 g/mol. The minimum atomic E-state index is -0.105. The largest absolute Gasteiger partial charge is 0.376 e. The van der Waals surface area contributed by atoms with Crippen molar-refractivity contribution < 1.29 is 14.3 Å². The third-order valence-corrected chi connectivity index (χ3v) is 4.17. The maximum atomic E-state index is 13.0. The summed E-state index contributed by atoms with van der Waals surface area (Å²) in [4.78, 5) is 30.1. The molecule has 3 rings (SSSR count). The Morgan fingerprint density at radius 2 is 1.79 bits per heavy atom. The Bertz CT molecular complexity index is 707. The predicted molar refractivity (Wildman–Crippen MR) is 91.3 cm³/mol. The van der Waals surface area contributed by atoms with Gasteiger partial charge in [0, 0.05) is 35.8 Å². The fraction of sp³-hybridized carbons (Fsp3) is 0.316. The van der Waals surface area contributed by atoms with E-state index in [0.29, 0.717) is 17.7 Å². The molecule has 1 atom stereocenters.